The van der Waals surface area contributed by atoms with E-state index in [0.717, 1.165) is 18.3 Å². The van der Waals surface area contributed by atoms with Gasteiger partial charge in [-0.15, -0.1) is 0 Å². The Kier molecular flexibility index (Phi) is 3.88. The lowest BCUT2D eigenvalue weighted by molar-refractivity contribution is 0.343. The van der Waals surface area contributed by atoms with E-state index < -0.39 is 0 Å². The third-order valence-electron chi connectivity index (χ3n) is 4.52. The van der Waals surface area contributed by atoms with Crippen LogP contribution < -0.4 is 5.73 Å². The topological polar surface area (TPSA) is 26.0 Å². The highest BCUT2D eigenvalue weighted by Gasteiger charge is 2.28. The number of aryl methyl sites for hydroxylation is 2. The summed E-state index contributed by atoms with van der Waals surface area (Å²) in [4.78, 5) is 0. The summed E-state index contributed by atoms with van der Waals surface area (Å²) in [6, 6.07) is 7.10. The van der Waals surface area contributed by atoms with Crippen LogP contribution in [-0.2, 0) is 6.42 Å². The molecule has 3 unspecified atom stereocenters. The SMILES string of the molecule is Cc1ccc(CC(N)C2CCCC2C)cc1C. The Hall–Kier alpha value is -0.820. The van der Waals surface area contributed by atoms with Crippen LogP contribution in [0.4, 0.5) is 0 Å². The van der Waals surface area contributed by atoms with Gasteiger partial charge in [-0.2, -0.15) is 0 Å². The van der Waals surface area contributed by atoms with Crippen LogP contribution in [0.3, 0.4) is 0 Å². The first-order valence-electron chi connectivity index (χ1n) is 6.89. The molecule has 1 aromatic rings. The van der Waals surface area contributed by atoms with Gasteiger partial charge < -0.3 is 5.73 Å². The van der Waals surface area contributed by atoms with Crippen LogP contribution in [0.2, 0.25) is 0 Å². The molecule has 1 nitrogen and oxygen atoms in total. The van der Waals surface area contributed by atoms with E-state index in [0.29, 0.717) is 6.04 Å². The van der Waals surface area contributed by atoms with Crippen LogP contribution >= 0.6 is 0 Å². The third kappa shape index (κ3) is 2.90. The zero-order valence-corrected chi connectivity index (χ0v) is 11.4. The van der Waals surface area contributed by atoms with Gasteiger partial charge in [0.25, 0.3) is 0 Å². The second-order valence-corrected chi connectivity index (χ2v) is 5.86. The van der Waals surface area contributed by atoms with Crippen molar-refractivity contribution >= 4 is 0 Å². The van der Waals surface area contributed by atoms with Gasteiger partial charge in [-0.05, 0) is 55.2 Å². The van der Waals surface area contributed by atoms with Crippen LogP contribution in [-0.4, -0.2) is 6.04 Å². The lowest BCUT2D eigenvalue weighted by Gasteiger charge is -2.23. The van der Waals surface area contributed by atoms with Crippen molar-refractivity contribution < 1.29 is 0 Å². The Labute approximate surface area is 105 Å². The molecule has 0 bridgehead atoms. The van der Waals surface area contributed by atoms with E-state index >= 15 is 0 Å². The lowest BCUT2D eigenvalue weighted by atomic mass is 9.87. The summed E-state index contributed by atoms with van der Waals surface area (Å²) < 4.78 is 0. The predicted molar refractivity (Wildman–Crippen MR) is 74.1 cm³/mol. The molecule has 2 N–H and O–H groups in total. The second kappa shape index (κ2) is 5.22. The highest BCUT2D eigenvalue weighted by Crippen LogP contribution is 2.33. The van der Waals surface area contributed by atoms with Gasteiger partial charge in [-0.25, -0.2) is 0 Å². The molecule has 0 aliphatic heterocycles. The molecule has 1 aromatic carbocycles. The van der Waals surface area contributed by atoms with Crippen LogP contribution in [0.1, 0.15) is 42.9 Å². The normalized spacial score (nSPS) is 26.1. The first-order chi connectivity index (χ1) is 8.08. The Morgan fingerprint density at radius 1 is 1.24 bits per heavy atom. The molecule has 0 spiro atoms. The summed E-state index contributed by atoms with van der Waals surface area (Å²) in [7, 11) is 0. The fourth-order valence-corrected chi connectivity index (χ4v) is 3.16. The maximum absolute atomic E-state index is 6.39. The molecule has 0 heterocycles. The minimum absolute atomic E-state index is 0.342. The molecule has 1 fully saturated rings. The van der Waals surface area contributed by atoms with Crippen molar-refractivity contribution in [3.8, 4) is 0 Å². The molecule has 0 radical (unpaired) electrons. The number of rotatable bonds is 3. The summed E-state index contributed by atoms with van der Waals surface area (Å²) in [5.74, 6) is 1.55. The second-order valence-electron chi connectivity index (χ2n) is 5.86. The van der Waals surface area contributed by atoms with Gasteiger partial charge in [0, 0.05) is 6.04 Å². The molecule has 94 valence electrons. The van der Waals surface area contributed by atoms with Crippen molar-refractivity contribution in [1.29, 1.82) is 0 Å². The molecule has 1 aliphatic rings. The standard InChI is InChI=1S/C16H25N/c1-11-7-8-14(9-13(11)3)10-16(17)15-6-4-5-12(15)2/h7-9,12,15-16H,4-6,10,17H2,1-3H3. The van der Waals surface area contributed by atoms with Crippen LogP contribution in [0, 0.1) is 25.7 Å². The van der Waals surface area contributed by atoms with E-state index in [-0.39, 0.29) is 0 Å². The Balaban J connectivity index is 2.02. The molecule has 0 aromatic heterocycles. The smallest absolute Gasteiger partial charge is 0.0110 e. The van der Waals surface area contributed by atoms with E-state index in [1.54, 1.807) is 0 Å². The number of benzene rings is 1. The Morgan fingerprint density at radius 3 is 2.59 bits per heavy atom. The molecule has 0 amide bonds. The van der Waals surface area contributed by atoms with Crippen molar-refractivity contribution in [3.05, 3.63) is 34.9 Å². The van der Waals surface area contributed by atoms with Crippen LogP contribution in [0.25, 0.3) is 0 Å². The summed E-state index contributed by atoms with van der Waals surface area (Å²) >= 11 is 0. The van der Waals surface area contributed by atoms with E-state index in [4.69, 9.17) is 5.73 Å². The molecular formula is C16H25N. The fourth-order valence-electron chi connectivity index (χ4n) is 3.16. The lowest BCUT2D eigenvalue weighted by Crippen LogP contribution is -2.33. The maximum atomic E-state index is 6.39. The first kappa shape index (κ1) is 12.6. The zero-order chi connectivity index (χ0) is 12.4. The Bertz CT molecular complexity index is 383. The average Bonchev–Trinajstić information content (AvgIpc) is 2.70. The molecule has 2 rings (SSSR count). The largest absolute Gasteiger partial charge is 0.327 e. The van der Waals surface area contributed by atoms with Gasteiger partial charge in [-0.1, -0.05) is 38.0 Å². The van der Waals surface area contributed by atoms with Gasteiger partial charge in [0.2, 0.25) is 0 Å². The van der Waals surface area contributed by atoms with Gasteiger partial charge in [0.05, 0.1) is 0 Å². The van der Waals surface area contributed by atoms with Gasteiger partial charge in [0.15, 0.2) is 0 Å². The number of hydrogen-bond donors (Lipinski definition) is 1. The average molecular weight is 231 g/mol. The number of nitrogens with two attached hydrogens (primary N) is 1. The highest BCUT2D eigenvalue weighted by atomic mass is 14.7. The summed E-state index contributed by atoms with van der Waals surface area (Å²) in [6.07, 6.45) is 5.10. The summed E-state index contributed by atoms with van der Waals surface area (Å²) in [5, 5.41) is 0. The molecule has 17 heavy (non-hydrogen) atoms. The summed E-state index contributed by atoms with van der Waals surface area (Å²) in [6.45, 7) is 6.71. The molecule has 1 aliphatic carbocycles. The van der Waals surface area contributed by atoms with Crippen molar-refractivity contribution in [2.24, 2.45) is 17.6 Å². The molecule has 3 atom stereocenters. The van der Waals surface area contributed by atoms with E-state index in [1.165, 1.54) is 36.0 Å². The molecular weight excluding hydrogens is 206 g/mol. The quantitative estimate of drug-likeness (QED) is 0.845. The molecule has 1 saturated carbocycles. The maximum Gasteiger partial charge on any atom is 0.0110 e. The van der Waals surface area contributed by atoms with Gasteiger partial charge in [0.1, 0.15) is 0 Å². The fraction of sp³-hybridized carbons (Fsp3) is 0.625. The van der Waals surface area contributed by atoms with Crippen LogP contribution in [0.5, 0.6) is 0 Å². The van der Waals surface area contributed by atoms with Crippen molar-refractivity contribution in [1.82, 2.24) is 0 Å². The third-order valence-corrected chi connectivity index (χ3v) is 4.52. The number of hydrogen-bond acceptors (Lipinski definition) is 1. The predicted octanol–water partition coefficient (Wildman–Crippen LogP) is 3.61. The molecule has 0 saturated heterocycles. The van der Waals surface area contributed by atoms with Crippen molar-refractivity contribution in [2.45, 2.75) is 52.5 Å². The van der Waals surface area contributed by atoms with Crippen LogP contribution in [0.15, 0.2) is 18.2 Å². The van der Waals surface area contributed by atoms with E-state index in [1.807, 2.05) is 0 Å². The van der Waals surface area contributed by atoms with E-state index in [9.17, 15) is 0 Å². The minimum atomic E-state index is 0.342. The minimum Gasteiger partial charge on any atom is -0.327 e. The van der Waals surface area contributed by atoms with Gasteiger partial charge >= 0.3 is 0 Å². The highest BCUT2D eigenvalue weighted by molar-refractivity contribution is 5.30. The van der Waals surface area contributed by atoms with Gasteiger partial charge in [-0.3, -0.25) is 0 Å². The first-order valence-corrected chi connectivity index (χ1v) is 6.89. The zero-order valence-electron chi connectivity index (χ0n) is 11.4. The Morgan fingerprint density at radius 2 is 2.00 bits per heavy atom. The monoisotopic (exact) mass is 231 g/mol. The molecule has 1 heteroatoms. The van der Waals surface area contributed by atoms with E-state index in [2.05, 4.69) is 39.0 Å². The van der Waals surface area contributed by atoms with Crippen molar-refractivity contribution in [2.75, 3.05) is 0 Å². The van der Waals surface area contributed by atoms with Crippen molar-refractivity contribution in [3.63, 3.8) is 0 Å². The summed E-state index contributed by atoms with van der Waals surface area (Å²) in [5.41, 5.74) is 10.5.